The van der Waals surface area contributed by atoms with Gasteiger partial charge in [0.15, 0.2) is 5.78 Å². The van der Waals surface area contributed by atoms with E-state index in [0.29, 0.717) is 23.4 Å². The van der Waals surface area contributed by atoms with Crippen LogP contribution in [0, 0.1) is 11.8 Å². The Morgan fingerprint density at radius 3 is 1.83 bits per heavy atom. The zero-order chi connectivity index (χ0) is 30.1. The minimum atomic E-state index is -0.689. The van der Waals surface area contributed by atoms with E-state index >= 15 is 0 Å². The Kier molecular flexibility index (Phi) is 9.31. The highest BCUT2D eigenvalue weighted by molar-refractivity contribution is 9.12. The molecule has 42 heavy (non-hydrogen) atoms. The Hall–Kier alpha value is -2.86. The van der Waals surface area contributed by atoms with Crippen molar-refractivity contribution in [3.63, 3.8) is 0 Å². The van der Waals surface area contributed by atoms with E-state index in [9.17, 15) is 24.0 Å². The van der Waals surface area contributed by atoms with Gasteiger partial charge >= 0.3 is 5.97 Å². The van der Waals surface area contributed by atoms with Gasteiger partial charge in [-0.2, -0.15) is 5.01 Å². The van der Waals surface area contributed by atoms with Crippen LogP contribution < -0.4 is 4.74 Å². The van der Waals surface area contributed by atoms with Crippen molar-refractivity contribution in [1.82, 2.24) is 10.0 Å². The molecule has 1 saturated carbocycles. The lowest BCUT2D eigenvalue weighted by molar-refractivity contribution is -0.154. The molecule has 12 heteroatoms. The molecule has 0 radical (unpaired) electrons. The van der Waals surface area contributed by atoms with Crippen molar-refractivity contribution in [3.05, 3.63) is 99.0 Å². The number of rotatable bonds is 7. The molecule has 0 aromatic heterocycles. The van der Waals surface area contributed by atoms with E-state index in [0.717, 1.165) is 14.5 Å². The molecule has 0 spiro atoms. The first-order valence-corrected chi connectivity index (χ1v) is 15.9. The van der Waals surface area contributed by atoms with Crippen molar-refractivity contribution in [2.45, 2.75) is 22.5 Å². The molecule has 3 amide bonds. The maximum absolute atomic E-state index is 13.7. The fourth-order valence-corrected chi connectivity index (χ4v) is 6.61. The monoisotopic (exact) mass is 778 g/mol. The number of alkyl halides is 2. The Balaban J connectivity index is 1.37. The van der Waals surface area contributed by atoms with Crippen LogP contribution in [0.1, 0.15) is 43.9 Å². The van der Waals surface area contributed by atoms with Gasteiger partial charge in [-0.25, -0.2) is 9.80 Å². The van der Waals surface area contributed by atoms with E-state index < -0.39 is 47.9 Å². The molecule has 1 aliphatic carbocycles. The maximum atomic E-state index is 13.7. The Labute approximate surface area is 271 Å². The third-order valence-corrected chi connectivity index (χ3v) is 10.7. The molecule has 0 unspecified atom stereocenters. The normalized spacial score (nSPS) is 21.6. The predicted molar refractivity (Wildman–Crippen MR) is 166 cm³/mol. The van der Waals surface area contributed by atoms with Gasteiger partial charge in [-0.05, 0) is 85.6 Å². The highest BCUT2D eigenvalue weighted by atomic mass is 79.9. The van der Waals surface area contributed by atoms with Crippen molar-refractivity contribution in [3.8, 4) is 5.75 Å². The molecule has 4 atom stereocenters. The van der Waals surface area contributed by atoms with Gasteiger partial charge < -0.3 is 4.74 Å². The number of hydrazine groups is 1. The summed E-state index contributed by atoms with van der Waals surface area (Å²) in [6.07, 6.45) is 0.831. The quantitative estimate of drug-likeness (QED) is 0.0895. The number of benzene rings is 3. The second-order valence-corrected chi connectivity index (χ2v) is 13.6. The first kappa shape index (κ1) is 30.6. The van der Waals surface area contributed by atoms with Crippen LogP contribution in [-0.2, 0) is 9.59 Å². The molecule has 3 aromatic carbocycles. The van der Waals surface area contributed by atoms with Crippen LogP contribution >= 0.6 is 59.4 Å². The van der Waals surface area contributed by atoms with Gasteiger partial charge in [-0.1, -0.05) is 59.4 Å². The molecule has 0 bridgehead atoms. The lowest BCUT2D eigenvalue weighted by atomic mass is 9.81. The van der Waals surface area contributed by atoms with Crippen LogP contribution in [0.25, 0.3) is 0 Å². The smallest absolute Gasteiger partial charge is 0.343 e. The molecule has 8 nitrogen and oxygen atoms in total. The molecule has 216 valence electrons. The number of carbonyl (C=O) groups is 5. The summed E-state index contributed by atoms with van der Waals surface area (Å²) in [6.45, 7) is -0.564. The highest BCUT2D eigenvalue weighted by Gasteiger charge is 2.54. The number of imide groups is 1. The van der Waals surface area contributed by atoms with Crippen LogP contribution in [0.4, 0.5) is 0 Å². The number of halogens is 4. The standard InChI is InChI=1S/C30H22Br3ClN2O6/c31-19-7-1-18(2-8-19)30(41)42-21-11-5-16(6-12-21)26(37)15-35(27(38)17-3-9-20(34)10-4-17)36-28(39)22-13-24(32)25(33)14-23(22)29(36)40/h1-12,22-25H,13-15H2/t22-,23-,24-,25+/m1/s1. The molecule has 5 rings (SSSR count). The molecule has 1 saturated heterocycles. The number of Topliss-reactive ketones (excluding diaryl/α,β-unsaturated/α-hetero) is 1. The predicted octanol–water partition coefficient (Wildman–Crippen LogP) is 6.48. The summed E-state index contributed by atoms with van der Waals surface area (Å²) in [5.41, 5.74) is 0.715. The summed E-state index contributed by atoms with van der Waals surface area (Å²) in [6, 6.07) is 18.5. The van der Waals surface area contributed by atoms with E-state index in [2.05, 4.69) is 47.8 Å². The molecular weight excluding hydrogens is 760 g/mol. The minimum absolute atomic E-state index is 0.0196. The number of carbonyl (C=O) groups excluding carboxylic acids is 5. The fourth-order valence-electron chi connectivity index (χ4n) is 4.98. The third-order valence-electron chi connectivity index (χ3n) is 7.22. The van der Waals surface area contributed by atoms with Gasteiger partial charge in [0, 0.05) is 30.3 Å². The second-order valence-electron chi connectivity index (χ2n) is 9.92. The van der Waals surface area contributed by atoms with Crippen LogP contribution in [-0.4, -0.2) is 55.7 Å². The van der Waals surface area contributed by atoms with Crippen molar-refractivity contribution in [1.29, 1.82) is 0 Å². The summed E-state index contributed by atoms with van der Waals surface area (Å²) in [5, 5.41) is 2.16. The summed E-state index contributed by atoms with van der Waals surface area (Å²) in [7, 11) is 0. The Morgan fingerprint density at radius 2 is 1.29 bits per heavy atom. The molecule has 0 N–H and O–H groups in total. The third kappa shape index (κ3) is 6.39. The molecule has 2 aliphatic rings. The van der Waals surface area contributed by atoms with Crippen molar-refractivity contribution in [2.24, 2.45) is 11.8 Å². The van der Waals surface area contributed by atoms with Crippen molar-refractivity contribution >= 4 is 88.9 Å². The minimum Gasteiger partial charge on any atom is -0.423 e. The van der Waals surface area contributed by atoms with E-state index in [-0.39, 0.29) is 26.5 Å². The number of hydrogen-bond acceptors (Lipinski definition) is 6. The number of hydrogen-bond donors (Lipinski definition) is 0. The molecule has 2 fully saturated rings. The van der Waals surface area contributed by atoms with Crippen LogP contribution in [0.2, 0.25) is 5.02 Å². The second kappa shape index (κ2) is 12.8. The Morgan fingerprint density at radius 1 is 0.786 bits per heavy atom. The summed E-state index contributed by atoms with van der Waals surface area (Å²) < 4.78 is 6.22. The van der Waals surface area contributed by atoms with E-state index in [4.69, 9.17) is 16.3 Å². The zero-order valence-corrected chi connectivity index (χ0v) is 27.2. The van der Waals surface area contributed by atoms with Gasteiger partial charge in [-0.3, -0.25) is 19.2 Å². The fraction of sp³-hybridized carbons (Fsp3) is 0.233. The van der Waals surface area contributed by atoms with Gasteiger partial charge in [0.2, 0.25) is 0 Å². The Bertz CT molecular complexity index is 1520. The average Bonchev–Trinajstić information content (AvgIpc) is 3.20. The number of nitrogens with zero attached hydrogens (tertiary/aromatic N) is 2. The lowest BCUT2D eigenvalue weighted by Gasteiger charge is -2.30. The van der Waals surface area contributed by atoms with Crippen LogP contribution in [0.5, 0.6) is 5.75 Å². The van der Waals surface area contributed by atoms with Crippen molar-refractivity contribution < 1.29 is 28.7 Å². The molecule has 1 heterocycles. The van der Waals surface area contributed by atoms with Crippen LogP contribution in [0.15, 0.2) is 77.3 Å². The maximum Gasteiger partial charge on any atom is 0.343 e. The summed E-state index contributed by atoms with van der Waals surface area (Å²) >= 11 is 16.4. The number of ether oxygens (including phenoxy) is 1. The average molecular weight is 782 g/mol. The topological polar surface area (TPSA) is 101 Å². The van der Waals surface area contributed by atoms with Gasteiger partial charge in [0.25, 0.3) is 17.7 Å². The highest BCUT2D eigenvalue weighted by Crippen LogP contribution is 2.43. The molecule has 3 aromatic rings. The zero-order valence-electron chi connectivity index (χ0n) is 21.7. The van der Waals surface area contributed by atoms with E-state index in [1.54, 1.807) is 24.3 Å². The number of esters is 1. The molecule has 1 aliphatic heterocycles. The van der Waals surface area contributed by atoms with E-state index in [1.165, 1.54) is 48.5 Å². The lowest BCUT2D eigenvalue weighted by Crippen LogP contribution is -2.52. The number of fused-ring (bicyclic) bond motifs is 1. The number of ketones is 1. The largest absolute Gasteiger partial charge is 0.423 e. The first-order chi connectivity index (χ1) is 20.0. The van der Waals surface area contributed by atoms with E-state index in [1.807, 2.05) is 0 Å². The van der Waals surface area contributed by atoms with Crippen LogP contribution in [0.3, 0.4) is 0 Å². The summed E-state index contributed by atoms with van der Waals surface area (Å²) in [5.74, 6) is -3.79. The van der Waals surface area contributed by atoms with Gasteiger partial charge in [-0.15, -0.1) is 0 Å². The summed E-state index contributed by atoms with van der Waals surface area (Å²) in [4.78, 5) is 66.6. The SMILES string of the molecule is O=C(CN(C(=O)c1ccc(Cl)cc1)N1C(=O)[C@@H]2C[C@@H](Br)[C@@H](Br)C[C@H]2C1=O)c1ccc(OC(=O)c2ccc(Br)cc2)cc1. The van der Waals surface area contributed by atoms with Gasteiger partial charge in [0.05, 0.1) is 17.4 Å². The number of amides is 3. The first-order valence-electron chi connectivity index (χ1n) is 12.9. The molecular formula is C30H22Br3ClN2O6. The van der Waals surface area contributed by atoms with Crippen molar-refractivity contribution in [2.75, 3.05) is 6.54 Å². The van der Waals surface area contributed by atoms with Gasteiger partial charge in [0.1, 0.15) is 12.3 Å².